The fraction of sp³-hybridized carbons (Fsp3) is 0.421. The highest BCUT2D eigenvalue weighted by Crippen LogP contribution is 2.26. The zero-order valence-corrected chi connectivity index (χ0v) is 14.4. The van der Waals surface area contributed by atoms with Crippen LogP contribution in [-0.4, -0.2) is 9.78 Å². The summed E-state index contributed by atoms with van der Waals surface area (Å²) in [6.07, 6.45) is 0. The van der Waals surface area contributed by atoms with Crippen molar-refractivity contribution in [3.63, 3.8) is 0 Å². The van der Waals surface area contributed by atoms with Gasteiger partial charge in [-0.2, -0.15) is 10.4 Å². The normalized spacial score (nSPS) is 12.0. The monoisotopic (exact) mass is 309 g/mol. The maximum absolute atomic E-state index is 12.2. The summed E-state index contributed by atoms with van der Waals surface area (Å²) in [5.41, 5.74) is 1.87. The first-order chi connectivity index (χ1) is 10.6. The largest absolute Gasteiger partial charge is 0.268 e. The molecule has 1 aromatic carbocycles. The van der Waals surface area contributed by atoms with Crippen LogP contribution in [0.3, 0.4) is 0 Å². The molecule has 0 N–H and O–H groups in total. The van der Waals surface area contributed by atoms with E-state index in [-0.39, 0.29) is 11.0 Å². The zero-order chi connectivity index (χ0) is 17.3. The van der Waals surface area contributed by atoms with E-state index in [4.69, 9.17) is 0 Å². The van der Waals surface area contributed by atoms with Crippen LogP contribution < -0.4 is 5.56 Å². The number of aromatic nitrogens is 2. The van der Waals surface area contributed by atoms with Crippen molar-refractivity contribution in [2.75, 3.05) is 0 Å². The lowest BCUT2D eigenvalue weighted by molar-refractivity contribution is 0.515. The second-order valence-electron chi connectivity index (χ2n) is 7.36. The highest BCUT2D eigenvalue weighted by atomic mass is 16.1. The molecule has 0 saturated heterocycles. The number of benzene rings is 1. The molecule has 2 aromatic rings. The fourth-order valence-electron chi connectivity index (χ4n) is 2.45. The molecule has 2 rings (SSSR count). The van der Waals surface area contributed by atoms with Gasteiger partial charge in [0.1, 0.15) is 0 Å². The predicted molar refractivity (Wildman–Crippen MR) is 91.4 cm³/mol. The summed E-state index contributed by atoms with van der Waals surface area (Å²) in [4.78, 5) is 12.2. The van der Waals surface area contributed by atoms with Gasteiger partial charge >= 0.3 is 0 Å². The third-order valence-electron chi connectivity index (χ3n) is 3.93. The molecule has 0 saturated carbocycles. The van der Waals surface area contributed by atoms with Crippen molar-refractivity contribution < 1.29 is 0 Å². The van der Waals surface area contributed by atoms with Gasteiger partial charge in [0.05, 0.1) is 23.7 Å². The van der Waals surface area contributed by atoms with Gasteiger partial charge in [-0.15, -0.1) is 0 Å². The second kappa shape index (κ2) is 6.00. The first-order valence-electron chi connectivity index (χ1n) is 7.73. The Hall–Kier alpha value is -2.41. The average molecular weight is 309 g/mol. The highest BCUT2D eigenvalue weighted by molar-refractivity contribution is 5.37. The molecule has 0 bridgehead atoms. The van der Waals surface area contributed by atoms with E-state index in [0.717, 1.165) is 16.8 Å². The van der Waals surface area contributed by atoms with Gasteiger partial charge < -0.3 is 0 Å². The minimum absolute atomic E-state index is 0.124. The van der Waals surface area contributed by atoms with Crippen LogP contribution in [0.2, 0.25) is 0 Å². The Bertz CT molecular complexity index is 804. The van der Waals surface area contributed by atoms with Crippen molar-refractivity contribution in [3.05, 3.63) is 63.6 Å². The number of nitriles is 1. The van der Waals surface area contributed by atoms with Gasteiger partial charge in [0.25, 0.3) is 5.56 Å². The van der Waals surface area contributed by atoms with Crippen LogP contribution in [0.4, 0.5) is 0 Å². The third-order valence-corrected chi connectivity index (χ3v) is 3.93. The van der Waals surface area contributed by atoms with Gasteiger partial charge in [-0.3, -0.25) is 4.79 Å². The third kappa shape index (κ3) is 3.68. The van der Waals surface area contributed by atoms with E-state index >= 15 is 0 Å². The Kier molecular flexibility index (Phi) is 4.42. The van der Waals surface area contributed by atoms with Crippen LogP contribution in [0.15, 0.2) is 41.2 Å². The molecule has 0 amide bonds. The molecule has 0 fully saturated rings. The summed E-state index contributed by atoms with van der Waals surface area (Å²) in [6, 6.07) is 13.4. The minimum atomic E-state index is -0.609. The number of hydrogen-bond acceptors (Lipinski definition) is 3. The van der Waals surface area contributed by atoms with Crippen LogP contribution in [0.25, 0.3) is 0 Å². The maximum atomic E-state index is 12.2. The van der Waals surface area contributed by atoms with E-state index in [2.05, 4.69) is 31.9 Å². The van der Waals surface area contributed by atoms with Gasteiger partial charge in [-0.05, 0) is 31.0 Å². The van der Waals surface area contributed by atoms with Gasteiger partial charge in [-0.25, -0.2) is 4.68 Å². The van der Waals surface area contributed by atoms with Crippen molar-refractivity contribution >= 4 is 0 Å². The molecule has 0 unspecified atom stereocenters. The van der Waals surface area contributed by atoms with E-state index in [0.29, 0.717) is 6.54 Å². The van der Waals surface area contributed by atoms with Crippen molar-refractivity contribution in [2.45, 2.75) is 52.0 Å². The van der Waals surface area contributed by atoms with Crippen molar-refractivity contribution in [3.8, 4) is 6.07 Å². The SMILES string of the molecule is CC(C)(C)c1ccc(=O)n(Cc2ccccc2C(C)(C)C#N)n1. The lowest BCUT2D eigenvalue weighted by atomic mass is 9.83. The van der Waals surface area contributed by atoms with E-state index in [1.807, 2.05) is 38.1 Å². The first kappa shape index (κ1) is 17.0. The van der Waals surface area contributed by atoms with E-state index in [1.54, 1.807) is 12.1 Å². The molecule has 0 aliphatic carbocycles. The highest BCUT2D eigenvalue weighted by Gasteiger charge is 2.23. The molecule has 23 heavy (non-hydrogen) atoms. The maximum Gasteiger partial charge on any atom is 0.267 e. The van der Waals surface area contributed by atoms with Crippen LogP contribution in [0.1, 0.15) is 51.4 Å². The molecule has 1 aromatic heterocycles. The lowest BCUT2D eigenvalue weighted by Gasteiger charge is -2.21. The summed E-state index contributed by atoms with van der Waals surface area (Å²) in [5.74, 6) is 0. The summed E-state index contributed by atoms with van der Waals surface area (Å²) in [7, 11) is 0. The van der Waals surface area contributed by atoms with Crippen LogP contribution in [0.5, 0.6) is 0 Å². The summed E-state index contributed by atoms with van der Waals surface area (Å²) in [5, 5.41) is 13.9. The number of rotatable bonds is 3. The van der Waals surface area contributed by atoms with Gasteiger partial charge in [-0.1, -0.05) is 45.0 Å². The number of hydrogen-bond donors (Lipinski definition) is 0. The van der Waals surface area contributed by atoms with Gasteiger partial charge in [0.15, 0.2) is 0 Å². The topological polar surface area (TPSA) is 58.7 Å². The van der Waals surface area contributed by atoms with Crippen molar-refractivity contribution in [1.82, 2.24) is 9.78 Å². The second-order valence-corrected chi connectivity index (χ2v) is 7.36. The molecule has 0 aliphatic heterocycles. The zero-order valence-electron chi connectivity index (χ0n) is 14.4. The molecule has 0 radical (unpaired) electrons. The molecule has 0 aliphatic rings. The first-order valence-corrected chi connectivity index (χ1v) is 7.73. The molecule has 120 valence electrons. The molecule has 4 nitrogen and oxygen atoms in total. The quantitative estimate of drug-likeness (QED) is 0.873. The summed E-state index contributed by atoms with van der Waals surface area (Å²) >= 11 is 0. The van der Waals surface area contributed by atoms with E-state index in [9.17, 15) is 10.1 Å². The molecular weight excluding hydrogens is 286 g/mol. The van der Waals surface area contributed by atoms with E-state index < -0.39 is 5.41 Å². The smallest absolute Gasteiger partial charge is 0.267 e. The average Bonchev–Trinajstić information content (AvgIpc) is 2.48. The van der Waals surface area contributed by atoms with Crippen LogP contribution >= 0.6 is 0 Å². The Morgan fingerprint density at radius 1 is 1.09 bits per heavy atom. The molecule has 0 atom stereocenters. The fourth-order valence-corrected chi connectivity index (χ4v) is 2.45. The van der Waals surface area contributed by atoms with E-state index in [1.165, 1.54) is 4.68 Å². The Balaban J connectivity index is 2.50. The Labute approximate surface area is 137 Å². The molecular formula is C19H23N3O. The van der Waals surface area contributed by atoms with Crippen LogP contribution in [0, 0.1) is 11.3 Å². The Morgan fingerprint density at radius 3 is 2.35 bits per heavy atom. The summed E-state index contributed by atoms with van der Waals surface area (Å²) < 4.78 is 1.48. The minimum Gasteiger partial charge on any atom is -0.268 e. The predicted octanol–water partition coefficient (Wildman–Crippen LogP) is 3.39. The lowest BCUT2D eigenvalue weighted by Crippen LogP contribution is -2.28. The number of nitrogens with zero attached hydrogens (tertiary/aromatic N) is 3. The summed E-state index contributed by atoms with van der Waals surface area (Å²) in [6.45, 7) is 10.3. The standard InChI is InChI=1S/C19H23N3O/c1-18(2,3)16-10-11-17(23)22(21-16)12-14-8-6-7-9-15(14)19(4,5)13-20/h6-11H,12H2,1-5H3. The van der Waals surface area contributed by atoms with Crippen LogP contribution in [-0.2, 0) is 17.4 Å². The molecule has 0 spiro atoms. The van der Waals surface area contributed by atoms with Crippen molar-refractivity contribution in [1.29, 1.82) is 5.26 Å². The van der Waals surface area contributed by atoms with Gasteiger partial charge in [0.2, 0.25) is 0 Å². The molecule has 1 heterocycles. The van der Waals surface area contributed by atoms with Gasteiger partial charge in [0, 0.05) is 11.5 Å². The Morgan fingerprint density at radius 2 is 1.74 bits per heavy atom. The molecule has 4 heteroatoms. The van der Waals surface area contributed by atoms with Crippen molar-refractivity contribution in [2.24, 2.45) is 0 Å².